The van der Waals surface area contributed by atoms with E-state index in [4.69, 9.17) is 4.74 Å². The largest absolute Gasteiger partial charge is 0.379 e. The number of rotatable bonds is 5. The number of halogens is 1. The first kappa shape index (κ1) is 21.9. The first-order chi connectivity index (χ1) is 16.6. The van der Waals surface area contributed by atoms with Gasteiger partial charge in [-0.1, -0.05) is 6.07 Å². The number of nitrogens with one attached hydrogen (secondary N) is 1. The van der Waals surface area contributed by atoms with Crippen molar-refractivity contribution < 1.29 is 13.9 Å². The van der Waals surface area contributed by atoms with Crippen LogP contribution in [0.15, 0.2) is 78.0 Å². The van der Waals surface area contributed by atoms with Crippen molar-refractivity contribution in [2.45, 2.75) is 0 Å². The van der Waals surface area contributed by atoms with Crippen LogP contribution in [0, 0.1) is 5.82 Å². The number of hydrogen-bond acceptors (Lipinski definition) is 5. The zero-order chi connectivity index (χ0) is 23.5. The maximum Gasteiger partial charge on any atom is 0.257 e. The molecule has 0 aliphatic carbocycles. The van der Waals surface area contributed by atoms with E-state index in [1.165, 1.54) is 18.3 Å². The Morgan fingerprint density at radius 1 is 1.00 bits per heavy atom. The highest BCUT2D eigenvalue weighted by atomic mass is 19.1. The molecule has 3 heterocycles. The second-order valence-electron chi connectivity index (χ2n) is 8.08. The summed E-state index contributed by atoms with van der Waals surface area (Å²) >= 11 is 0. The van der Waals surface area contributed by atoms with Gasteiger partial charge in [-0.15, -0.1) is 0 Å². The summed E-state index contributed by atoms with van der Waals surface area (Å²) in [4.78, 5) is 32.5. The molecule has 1 fully saturated rings. The van der Waals surface area contributed by atoms with E-state index in [9.17, 15) is 14.0 Å². The van der Waals surface area contributed by atoms with Gasteiger partial charge in [0.25, 0.3) is 5.91 Å². The molecule has 1 N–H and O–H groups in total. The van der Waals surface area contributed by atoms with E-state index >= 15 is 0 Å². The Morgan fingerprint density at radius 2 is 1.74 bits per heavy atom. The van der Waals surface area contributed by atoms with Crippen LogP contribution in [-0.4, -0.2) is 53.3 Å². The van der Waals surface area contributed by atoms with Gasteiger partial charge in [0, 0.05) is 42.8 Å². The standard InChI is InChI=1S/C26H23FN4O3/c27-20-2-4-21(5-3-20)31-16-23(26(33)29-17-30-11-13-34-14-12-30)25(32)22-6-1-19(15-24(22)31)18-7-9-28-10-8-18/h1-10,15-16H,11-14,17H2,(H,29,33). The molecule has 0 spiro atoms. The minimum atomic E-state index is -0.451. The third-order valence-electron chi connectivity index (χ3n) is 5.93. The Morgan fingerprint density at radius 3 is 2.47 bits per heavy atom. The van der Waals surface area contributed by atoms with Crippen LogP contribution in [0.25, 0.3) is 27.7 Å². The molecular formula is C26H23FN4O3. The van der Waals surface area contributed by atoms with Crippen LogP contribution in [0.2, 0.25) is 0 Å². The summed E-state index contributed by atoms with van der Waals surface area (Å²) in [6.45, 7) is 2.99. The monoisotopic (exact) mass is 458 g/mol. The average molecular weight is 458 g/mol. The van der Waals surface area contributed by atoms with E-state index in [0.717, 1.165) is 24.2 Å². The molecule has 2 aromatic heterocycles. The molecule has 1 saturated heterocycles. The minimum absolute atomic E-state index is 0.0294. The molecule has 0 radical (unpaired) electrons. The number of fused-ring (bicyclic) bond motifs is 1. The number of hydrogen-bond donors (Lipinski definition) is 1. The molecule has 4 aromatic rings. The summed E-state index contributed by atoms with van der Waals surface area (Å²) in [6.07, 6.45) is 4.94. The van der Waals surface area contributed by atoms with Gasteiger partial charge >= 0.3 is 0 Å². The van der Waals surface area contributed by atoms with Gasteiger partial charge in [0.2, 0.25) is 5.43 Å². The van der Waals surface area contributed by atoms with Crippen LogP contribution in [0.1, 0.15) is 10.4 Å². The molecule has 8 heteroatoms. The number of carbonyl (C=O) groups is 1. The van der Waals surface area contributed by atoms with Crippen LogP contribution in [0.5, 0.6) is 0 Å². The van der Waals surface area contributed by atoms with Crippen molar-refractivity contribution in [2.75, 3.05) is 33.0 Å². The highest BCUT2D eigenvalue weighted by Gasteiger charge is 2.18. The lowest BCUT2D eigenvalue weighted by Gasteiger charge is -2.26. The zero-order valence-corrected chi connectivity index (χ0v) is 18.4. The molecule has 5 rings (SSSR count). The van der Waals surface area contributed by atoms with Gasteiger partial charge in [0.1, 0.15) is 11.4 Å². The summed E-state index contributed by atoms with van der Waals surface area (Å²) < 4.78 is 20.7. The number of aromatic nitrogens is 2. The fourth-order valence-corrected chi connectivity index (χ4v) is 4.06. The molecule has 172 valence electrons. The highest BCUT2D eigenvalue weighted by Crippen LogP contribution is 2.25. The van der Waals surface area contributed by atoms with Gasteiger partial charge in [-0.05, 0) is 59.7 Å². The number of pyridine rings is 2. The fraction of sp³-hybridized carbons (Fsp3) is 0.192. The summed E-state index contributed by atoms with van der Waals surface area (Å²) in [6, 6.07) is 15.2. The van der Waals surface area contributed by atoms with Gasteiger partial charge in [0.15, 0.2) is 0 Å². The summed E-state index contributed by atoms with van der Waals surface area (Å²) in [5.41, 5.74) is 2.78. The predicted octanol–water partition coefficient (Wildman–Crippen LogP) is 3.21. The van der Waals surface area contributed by atoms with E-state index in [-0.39, 0.29) is 16.8 Å². The number of nitrogens with zero attached hydrogens (tertiary/aromatic N) is 3. The molecule has 0 bridgehead atoms. The number of benzene rings is 2. The number of amides is 1. The van der Waals surface area contributed by atoms with Crippen molar-refractivity contribution >= 4 is 16.8 Å². The molecular weight excluding hydrogens is 435 g/mol. The highest BCUT2D eigenvalue weighted by molar-refractivity contribution is 5.98. The molecule has 2 aromatic carbocycles. The lowest BCUT2D eigenvalue weighted by Crippen LogP contribution is -2.44. The molecule has 0 saturated carbocycles. The van der Waals surface area contributed by atoms with Crippen molar-refractivity contribution in [2.24, 2.45) is 0 Å². The number of morpholine rings is 1. The van der Waals surface area contributed by atoms with Crippen molar-refractivity contribution in [3.63, 3.8) is 0 Å². The fourth-order valence-electron chi connectivity index (χ4n) is 4.06. The van der Waals surface area contributed by atoms with E-state index in [1.807, 2.05) is 24.3 Å². The lowest BCUT2D eigenvalue weighted by atomic mass is 10.0. The Hall–Kier alpha value is -3.88. The second-order valence-corrected chi connectivity index (χ2v) is 8.08. The van der Waals surface area contributed by atoms with Crippen LogP contribution in [0.3, 0.4) is 0 Å². The maximum atomic E-state index is 13.6. The predicted molar refractivity (Wildman–Crippen MR) is 127 cm³/mol. The first-order valence-electron chi connectivity index (χ1n) is 11.0. The molecule has 7 nitrogen and oxygen atoms in total. The van der Waals surface area contributed by atoms with Gasteiger partial charge in [0.05, 0.1) is 25.4 Å². The smallest absolute Gasteiger partial charge is 0.257 e. The molecule has 0 atom stereocenters. The van der Waals surface area contributed by atoms with Crippen LogP contribution in [-0.2, 0) is 4.74 Å². The second kappa shape index (κ2) is 9.54. The van der Waals surface area contributed by atoms with Gasteiger partial charge in [-0.25, -0.2) is 4.39 Å². The van der Waals surface area contributed by atoms with Crippen molar-refractivity contribution in [1.29, 1.82) is 0 Å². The quantitative estimate of drug-likeness (QED) is 0.497. The van der Waals surface area contributed by atoms with E-state index in [2.05, 4.69) is 15.2 Å². The Balaban J connectivity index is 1.59. The van der Waals surface area contributed by atoms with E-state index in [1.54, 1.807) is 35.2 Å². The van der Waals surface area contributed by atoms with Gasteiger partial charge < -0.3 is 14.6 Å². The number of carbonyl (C=O) groups excluding carboxylic acids is 1. The van der Waals surface area contributed by atoms with Crippen LogP contribution < -0.4 is 10.7 Å². The SMILES string of the molecule is O=C(NCN1CCOCC1)c1cn(-c2ccc(F)cc2)c2cc(-c3ccncc3)ccc2c1=O. The van der Waals surface area contributed by atoms with E-state index in [0.29, 0.717) is 36.5 Å². The summed E-state index contributed by atoms with van der Waals surface area (Å²) in [5, 5.41) is 3.25. The average Bonchev–Trinajstić information content (AvgIpc) is 2.89. The summed E-state index contributed by atoms with van der Waals surface area (Å²) in [7, 11) is 0. The molecule has 1 aliphatic heterocycles. The van der Waals surface area contributed by atoms with Crippen molar-refractivity contribution in [1.82, 2.24) is 19.8 Å². The Kier molecular flexibility index (Phi) is 6.16. The molecule has 0 unspecified atom stereocenters. The lowest BCUT2D eigenvalue weighted by molar-refractivity contribution is 0.0334. The summed E-state index contributed by atoms with van der Waals surface area (Å²) in [5.74, 6) is -0.817. The van der Waals surface area contributed by atoms with Crippen LogP contribution in [0.4, 0.5) is 4.39 Å². The molecule has 1 amide bonds. The van der Waals surface area contributed by atoms with Crippen LogP contribution >= 0.6 is 0 Å². The Bertz CT molecular complexity index is 1380. The molecule has 1 aliphatic rings. The number of ether oxygens (including phenoxy) is 1. The van der Waals surface area contributed by atoms with Gasteiger partial charge in [-0.2, -0.15) is 0 Å². The zero-order valence-electron chi connectivity index (χ0n) is 18.4. The third kappa shape index (κ3) is 4.46. The first-order valence-corrected chi connectivity index (χ1v) is 11.0. The van der Waals surface area contributed by atoms with Crippen molar-refractivity contribution in [3.8, 4) is 16.8 Å². The van der Waals surface area contributed by atoms with Gasteiger partial charge in [-0.3, -0.25) is 19.5 Å². The van der Waals surface area contributed by atoms with E-state index < -0.39 is 5.91 Å². The topological polar surface area (TPSA) is 76.5 Å². The Labute approximate surface area is 195 Å². The molecule has 34 heavy (non-hydrogen) atoms. The minimum Gasteiger partial charge on any atom is -0.379 e. The maximum absolute atomic E-state index is 13.6. The normalized spacial score (nSPS) is 14.3. The third-order valence-corrected chi connectivity index (χ3v) is 5.93. The van der Waals surface area contributed by atoms with Crippen molar-refractivity contribution in [3.05, 3.63) is 94.8 Å².